The lowest BCUT2D eigenvalue weighted by Gasteiger charge is -2.00. The Balaban J connectivity index is 1.52. The summed E-state index contributed by atoms with van der Waals surface area (Å²) in [6.07, 6.45) is 3.43. The third-order valence-corrected chi connectivity index (χ3v) is 4.04. The van der Waals surface area contributed by atoms with Crippen molar-refractivity contribution in [2.24, 2.45) is 4.99 Å². The van der Waals surface area contributed by atoms with Gasteiger partial charge in [0, 0.05) is 6.20 Å². The molecule has 1 fully saturated rings. The van der Waals surface area contributed by atoms with Crippen molar-refractivity contribution in [2.75, 3.05) is 0 Å². The number of hydrogen-bond acceptors (Lipinski definition) is 4. The maximum Gasteiger partial charge on any atom is 0.274 e. The maximum atomic E-state index is 12.1. The normalized spacial score (nSPS) is 16.9. The summed E-state index contributed by atoms with van der Waals surface area (Å²) in [5.41, 5.74) is 5.00. The zero-order valence-electron chi connectivity index (χ0n) is 14.2. The highest BCUT2D eigenvalue weighted by atomic mass is 16.2. The van der Waals surface area contributed by atoms with Crippen molar-refractivity contribution >= 4 is 29.0 Å². The zero-order chi connectivity index (χ0) is 17.9. The van der Waals surface area contributed by atoms with Crippen LogP contribution in [0.25, 0.3) is 17.1 Å². The highest BCUT2D eigenvalue weighted by Crippen LogP contribution is 2.12. The first kappa shape index (κ1) is 16.0. The second-order valence-electron chi connectivity index (χ2n) is 6.07. The predicted octanol–water partition coefficient (Wildman–Crippen LogP) is 2.55. The lowest BCUT2D eigenvalue weighted by molar-refractivity contribution is -0.115. The van der Waals surface area contributed by atoms with Crippen molar-refractivity contribution in [2.45, 2.75) is 13.5 Å². The van der Waals surface area contributed by atoms with Crippen molar-refractivity contribution in [3.63, 3.8) is 0 Å². The number of benzene rings is 1. The average Bonchev–Trinajstić information content (AvgIpc) is 3.01. The SMILES string of the molecule is Cc1ccc(CN=C2NC(=O)C(=Cc3ccc4ncccc4n3)N2)cc1. The topological polar surface area (TPSA) is 79.3 Å². The molecule has 2 aromatic heterocycles. The van der Waals surface area contributed by atoms with E-state index in [0.29, 0.717) is 23.9 Å². The van der Waals surface area contributed by atoms with E-state index in [1.807, 2.05) is 55.5 Å². The van der Waals surface area contributed by atoms with Crippen LogP contribution in [0.1, 0.15) is 16.8 Å². The summed E-state index contributed by atoms with van der Waals surface area (Å²) in [5, 5.41) is 5.75. The molecule has 0 saturated carbocycles. The summed E-state index contributed by atoms with van der Waals surface area (Å²) in [4.78, 5) is 25.3. The van der Waals surface area contributed by atoms with Gasteiger partial charge >= 0.3 is 0 Å². The number of hydrogen-bond donors (Lipinski definition) is 2. The first-order chi connectivity index (χ1) is 12.7. The van der Waals surface area contributed by atoms with Gasteiger partial charge in [-0.1, -0.05) is 29.8 Å². The van der Waals surface area contributed by atoms with Crippen LogP contribution in [0.3, 0.4) is 0 Å². The van der Waals surface area contributed by atoms with Crippen molar-refractivity contribution in [1.29, 1.82) is 0 Å². The Labute approximate surface area is 150 Å². The van der Waals surface area contributed by atoms with Gasteiger partial charge in [-0.3, -0.25) is 15.1 Å². The summed E-state index contributed by atoms with van der Waals surface area (Å²) >= 11 is 0. The Bertz CT molecular complexity index is 1040. The van der Waals surface area contributed by atoms with Crippen molar-refractivity contribution < 1.29 is 4.79 Å². The first-order valence-electron chi connectivity index (χ1n) is 8.29. The minimum atomic E-state index is -0.222. The highest BCUT2D eigenvalue weighted by molar-refractivity contribution is 6.15. The summed E-state index contributed by atoms with van der Waals surface area (Å²) in [5.74, 6) is 0.227. The quantitative estimate of drug-likeness (QED) is 0.716. The number of carbonyl (C=O) groups is 1. The van der Waals surface area contributed by atoms with Crippen LogP contribution in [0.4, 0.5) is 0 Å². The monoisotopic (exact) mass is 343 g/mol. The van der Waals surface area contributed by atoms with E-state index < -0.39 is 0 Å². The van der Waals surface area contributed by atoms with E-state index >= 15 is 0 Å². The third-order valence-electron chi connectivity index (χ3n) is 4.04. The van der Waals surface area contributed by atoms with Gasteiger partial charge in [0.05, 0.1) is 23.3 Å². The molecule has 3 aromatic rings. The number of aromatic nitrogens is 2. The van der Waals surface area contributed by atoms with Crippen LogP contribution < -0.4 is 10.6 Å². The Morgan fingerprint density at radius 2 is 1.88 bits per heavy atom. The highest BCUT2D eigenvalue weighted by Gasteiger charge is 2.21. The number of guanidine groups is 1. The number of nitrogens with one attached hydrogen (secondary N) is 2. The minimum absolute atomic E-state index is 0.222. The molecule has 1 amide bonds. The predicted molar refractivity (Wildman–Crippen MR) is 101 cm³/mol. The van der Waals surface area contributed by atoms with Crippen LogP contribution in [0.2, 0.25) is 0 Å². The van der Waals surface area contributed by atoms with Gasteiger partial charge in [-0.15, -0.1) is 0 Å². The van der Waals surface area contributed by atoms with Gasteiger partial charge < -0.3 is 5.32 Å². The molecule has 1 aromatic carbocycles. The minimum Gasteiger partial charge on any atom is -0.321 e. The molecule has 6 nitrogen and oxygen atoms in total. The Kier molecular flexibility index (Phi) is 4.15. The fourth-order valence-corrected chi connectivity index (χ4v) is 2.64. The summed E-state index contributed by atoms with van der Waals surface area (Å²) < 4.78 is 0. The van der Waals surface area contributed by atoms with Gasteiger partial charge in [-0.2, -0.15) is 0 Å². The van der Waals surface area contributed by atoms with E-state index in [1.54, 1.807) is 12.3 Å². The number of rotatable bonds is 3. The molecule has 1 aliphatic heterocycles. The molecule has 6 heteroatoms. The molecule has 1 aliphatic rings. The second-order valence-corrected chi connectivity index (χ2v) is 6.07. The Hall–Kier alpha value is -3.54. The number of aliphatic imine (C=N–C) groups is 1. The van der Waals surface area contributed by atoms with Gasteiger partial charge in [0.2, 0.25) is 5.96 Å². The number of fused-ring (bicyclic) bond motifs is 1. The van der Waals surface area contributed by atoms with Crippen LogP contribution in [-0.4, -0.2) is 21.8 Å². The number of aryl methyl sites for hydroxylation is 1. The van der Waals surface area contributed by atoms with Crippen LogP contribution in [-0.2, 0) is 11.3 Å². The molecular weight excluding hydrogens is 326 g/mol. The average molecular weight is 343 g/mol. The number of pyridine rings is 2. The van der Waals surface area contributed by atoms with Gasteiger partial charge in [0.1, 0.15) is 5.70 Å². The molecule has 2 N–H and O–H groups in total. The van der Waals surface area contributed by atoms with E-state index in [2.05, 4.69) is 25.6 Å². The van der Waals surface area contributed by atoms with E-state index in [-0.39, 0.29) is 5.91 Å². The molecule has 0 unspecified atom stereocenters. The number of carbonyl (C=O) groups excluding carboxylic acids is 1. The van der Waals surface area contributed by atoms with Crippen molar-refractivity contribution in [1.82, 2.24) is 20.6 Å². The van der Waals surface area contributed by atoms with E-state index in [1.165, 1.54) is 5.56 Å². The fraction of sp³-hybridized carbons (Fsp3) is 0.100. The van der Waals surface area contributed by atoms with E-state index in [0.717, 1.165) is 16.6 Å². The molecule has 0 bridgehead atoms. The van der Waals surface area contributed by atoms with Gasteiger partial charge in [-0.05, 0) is 42.8 Å². The lowest BCUT2D eigenvalue weighted by Crippen LogP contribution is -2.25. The van der Waals surface area contributed by atoms with Crippen molar-refractivity contribution in [3.05, 3.63) is 77.2 Å². The molecule has 26 heavy (non-hydrogen) atoms. The second kappa shape index (κ2) is 6.76. The van der Waals surface area contributed by atoms with Crippen LogP contribution in [0, 0.1) is 6.92 Å². The maximum absolute atomic E-state index is 12.1. The number of amides is 1. The first-order valence-corrected chi connectivity index (χ1v) is 8.29. The largest absolute Gasteiger partial charge is 0.321 e. The van der Waals surface area contributed by atoms with Crippen molar-refractivity contribution in [3.8, 4) is 0 Å². The molecule has 0 atom stereocenters. The van der Waals surface area contributed by atoms with Crippen LogP contribution in [0.5, 0.6) is 0 Å². The van der Waals surface area contributed by atoms with Gasteiger partial charge in [-0.25, -0.2) is 9.98 Å². The lowest BCUT2D eigenvalue weighted by atomic mass is 10.1. The summed E-state index contributed by atoms with van der Waals surface area (Å²) in [7, 11) is 0. The van der Waals surface area contributed by atoms with Crippen LogP contribution >= 0.6 is 0 Å². The van der Waals surface area contributed by atoms with E-state index in [9.17, 15) is 4.79 Å². The van der Waals surface area contributed by atoms with E-state index in [4.69, 9.17) is 0 Å². The van der Waals surface area contributed by atoms with Crippen LogP contribution in [0.15, 0.2) is 65.4 Å². The summed E-state index contributed by atoms with van der Waals surface area (Å²) in [6, 6.07) is 15.6. The molecule has 0 aliphatic carbocycles. The zero-order valence-corrected chi connectivity index (χ0v) is 14.2. The smallest absolute Gasteiger partial charge is 0.274 e. The molecule has 4 rings (SSSR count). The molecule has 0 spiro atoms. The Morgan fingerprint density at radius 1 is 1.04 bits per heavy atom. The molecule has 0 radical (unpaired) electrons. The Morgan fingerprint density at radius 3 is 2.73 bits per heavy atom. The third kappa shape index (κ3) is 3.44. The molecule has 3 heterocycles. The fourth-order valence-electron chi connectivity index (χ4n) is 2.64. The van der Waals surface area contributed by atoms with Gasteiger partial charge in [0.15, 0.2) is 0 Å². The molecular formula is C20H17N5O. The summed E-state index contributed by atoms with van der Waals surface area (Å²) in [6.45, 7) is 2.54. The standard InChI is InChI=1S/C20H17N5O/c1-13-4-6-14(7-5-13)12-22-20-24-18(19(26)25-20)11-15-8-9-16-17(23-15)3-2-10-21-16/h2-11H,12H2,1H3,(H2,22,24,25,26). The molecule has 128 valence electrons. The molecule has 1 saturated heterocycles. The number of nitrogens with zero attached hydrogens (tertiary/aromatic N) is 3. The van der Waals surface area contributed by atoms with Gasteiger partial charge in [0.25, 0.3) is 5.91 Å².